The molecule has 2 aromatic carbocycles. The monoisotopic (exact) mass is 328 g/mol. The van der Waals surface area contributed by atoms with Crippen LogP contribution < -0.4 is 15.9 Å². The maximum Gasteiger partial charge on any atom is 0.0465 e. The van der Waals surface area contributed by atoms with Crippen molar-refractivity contribution in [1.82, 2.24) is 10.3 Å². The van der Waals surface area contributed by atoms with Crippen molar-refractivity contribution in [2.75, 3.05) is 0 Å². The highest BCUT2D eigenvalue weighted by atomic mass is 14.8. The predicted octanol–water partition coefficient (Wildman–Crippen LogP) is 3.89. The number of fused-ring (bicyclic) bond motifs is 1. The molecule has 3 rings (SSSR count). The molecule has 2 nitrogen and oxygen atoms in total. The average Bonchev–Trinajstić information content (AvgIpc) is 2.90. The van der Waals surface area contributed by atoms with E-state index in [2.05, 4.69) is 72.8 Å². The Labute approximate surface area is 148 Å². The number of hydrogen-bond donors (Lipinski definition) is 2. The van der Waals surface area contributed by atoms with E-state index < -0.39 is 0 Å². The van der Waals surface area contributed by atoms with Crippen LogP contribution in [-0.2, 0) is 6.42 Å². The van der Waals surface area contributed by atoms with Gasteiger partial charge >= 0.3 is 0 Å². The fourth-order valence-corrected chi connectivity index (χ4v) is 2.95. The van der Waals surface area contributed by atoms with Gasteiger partial charge in [0.2, 0.25) is 0 Å². The highest BCUT2D eigenvalue weighted by Crippen LogP contribution is 2.14. The zero-order valence-electron chi connectivity index (χ0n) is 14.9. The molecule has 0 spiro atoms. The van der Waals surface area contributed by atoms with Gasteiger partial charge in [0.25, 0.3) is 0 Å². The SMILES string of the molecule is C=C(/C=C\C)N/C=c1\c(=C)[nH]c2ccc(Cc3ccc(C)cc3)cc12. The van der Waals surface area contributed by atoms with Crippen LogP contribution in [0.4, 0.5) is 0 Å². The van der Waals surface area contributed by atoms with Crippen LogP contribution in [0.2, 0.25) is 0 Å². The topological polar surface area (TPSA) is 27.8 Å². The zero-order chi connectivity index (χ0) is 17.8. The molecule has 0 aliphatic heterocycles. The normalized spacial score (nSPS) is 12.2. The van der Waals surface area contributed by atoms with Crippen molar-refractivity contribution in [2.24, 2.45) is 0 Å². The van der Waals surface area contributed by atoms with Crippen molar-refractivity contribution in [2.45, 2.75) is 20.3 Å². The number of H-pyrrole nitrogens is 1. The minimum atomic E-state index is 0.854. The van der Waals surface area contributed by atoms with E-state index in [1.165, 1.54) is 22.1 Å². The molecule has 0 bridgehead atoms. The number of rotatable bonds is 5. The van der Waals surface area contributed by atoms with Crippen molar-refractivity contribution in [3.8, 4) is 0 Å². The molecule has 0 unspecified atom stereocenters. The minimum Gasteiger partial charge on any atom is -0.361 e. The highest BCUT2D eigenvalue weighted by molar-refractivity contribution is 5.81. The van der Waals surface area contributed by atoms with E-state index in [1.54, 1.807) is 0 Å². The third kappa shape index (κ3) is 3.92. The lowest BCUT2D eigenvalue weighted by molar-refractivity contribution is 1.18. The van der Waals surface area contributed by atoms with E-state index in [9.17, 15) is 0 Å². The molecule has 0 fully saturated rings. The van der Waals surface area contributed by atoms with Gasteiger partial charge in [-0.05, 0) is 49.6 Å². The van der Waals surface area contributed by atoms with Gasteiger partial charge in [-0.2, -0.15) is 0 Å². The summed E-state index contributed by atoms with van der Waals surface area (Å²) < 4.78 is 0. The fourth-order valence-electron chi connectivity index (χ4n) is 2.95. The third-order valence-electron chi connectivity index (χ3n) is 4.28. The van der Waals surface area contributed by atoms with Gasteiger partial charge in [0.05, 0.1) is 0 Å². The average molecular weight is 328 g/mol. The molecule has 0 amide bonds. The van der Waals surface area contributed by atoms with Gasteiger partial charge in [-0.25, -0.2) is 0 Å². The molecule has 0 atom stereocenters. The first-order valence-electron chi connectivity index (χ1n) is 8.50. The Morgan fingerprint density at radius 3 is 2.56 bits per heavy atom. The van der Waals surface area contributed by atoms with Gasteiger partial charge < -0.3 is 10.3 Å². The molecule has 0 aliphatic carbocycles. The molecule has 3 aromatic rings. The number of aryl methyl sites for hydroxylation is 1. The van der Waals surface area contributed by atoms with Crippen molar-refractivity contribution >= 4 is 23.7 Å². The second kappa shape index (κ2) is 7.27. The van der Waals surface area contributed by atoms with Crippen molar-refractivity contribution in [1.29, 1.82) is 0 Å². The molecule has 1 aromatic heterocycles. The summed E-state index contributed by atoms with van der Waals surface area (Å²) in [6.07, 6.45) is 6.80. The van der Waals surface area contributed by atoms with Crippen molar-refractivity contribution < 1.29 is 0 Å². The van der Waals surface area contributed by atoms with E-state index in [1.807, 2.05) is 25.3 Å². The van der Waals surface area contributed by atoms with E-state index in [-0.39, 0.29) is 0 Å². The van der Waals surface area contributed by atoms with Crippen LogP contribution in [0.3, 0.4) is 0 Å². The molecular formula is C23H24N2. The first kappa shape index (κ1) is 16.8. The van der Waals surface area contributed by atoms with E-state index >= 15 is 0 Å². The largest absolute Gasteiger partial charge is 0.361 e. The molecule has 0 saturated carbocycles. The molecule has 126 valence electrons. The maximum atomic E-state index is 4.13. The summed E-state index contributed by atoms with van der Waals surface area (Å²) in [6.45, 7) is 12.2. The summed E-state index contributed by atoms with van der Waals surface area (Å²) in [5, 5.41) is 6.39. The Morgan fingerprint density at radius 1 is 1.12 bits per heavy atom. The Balaban J connectivity index is 1.97. The lowest BCUT2D eigenvalue weighted by Crippen LogP contribution is -2.24. The number of hydrogen-bond acceptors (Lipinski definition) is 1. The highest BCUT2D eigenvalue weighted by Gasteiger charge is 2.03. The van der Waals surface area contributed by atoms with Crippen molar-refractivity contribution in [3.63, 3.8) is 0 Å². The van der Waals surface area contributed by atoms with Crippen LogP contribution in [0.25, 0.3) is 23.7 Å². The molecule has 0 saturated heterocycles. The van der Waals surface area contributed by atoms with Crippen molar-refractivity contribution in [3.05, 3.63) is 94.2 Å². The van der Waals surface area contributed by atoms with Gasteiger partial charge in [-0.15, -0.1) is 0 Å². The summed E-state index contributed by atoms with van der Waals surface area (Å²) >= 11 is 0. The van der Waals surface area contributed by atoms with Crippen LogP contribution in [0.15, 0.2) is 66.9 Å². The van der Waals surface area contributed by atoms with Crippen LogP contribution >= 0.6 is 0 Å². The van der Waals surface area contributed by atoms with E-state index in [4.69, 9.17) is 0 Å². The van der Waals surface area contributed by atoms with Gasteiger partial charge in [0.1, 0.15) is 0 Å². The number of benzene rings is 2. The smallest absolute Gasteiger partial charge is 0.0465 e. The molecule has 2 heteroatoms. The summed E-state index contributed by atoms with van der Waals surface area (Å²) in [4.78, 5) is 3.35. The van der Waals surface area contributed by atoms with Gasteiger partial charge in [0.15, 0.2) is 0 Å². The second-order valence-corrected chi connectivity index (χ2v) is 6.37. The van der Waals surface area contributed by atoms with Gasteiger partial charge in [-0.1, -0.05) is 55.1 Å². The molecular weight excluding hydrogens is 304 g/mol. The van der Waals surface area contributed by atoms with Gasteiger partial charge in [0, 0.05) is 33.4 Å². The van der Waals surface area contributed by atoms with Crippen LogP contribution in [0, 0.1) is 6.92 Å². The summed E-state index contributed by atoms with van der Waals surface area (Å²) in [6, 6.07) is 15.3. The van der Waals surface area contributed by atoms with Crippen LogP contribution in [-0.4, -0.2) is 4.98 Å². The summed E-state index contributed by atoms with van der Waals surface area (Å²) in [5.74, 6) is 0. The first-order valence-corrected chi connectivity index (χ1v) is 8.50. The Hall–Kier alpha value is -3.00. The number of allylic oxidation sites excluding steroid dienone is 2. The standard InChI is InChI=1S/C23H24N2/c1-5-6-17(3)24-15-22-18(4)25-23-12-11-20(14-21(22)23)13-19-9-7-16(2)8-10-19/h5-12,14-15,24-25H,3-4,13H2,1-2H3/b6-5-,22-15+. The quantitative estimate of drug-likeness (QED) is 0.683. The number of aromatic amines is 1. The third-order valence-corrected chi connectivity index (χ3v) is 4.28. The summed E-state index contributed by atoms with van der Waals surface area (Å²) in [5.41, 5.74) is 5.85. The molecule has 0 aliphatic rings. The molecule has 25 heavy (non-hydrogen) atoms. The second-order valence-electron chi connectivity index (χ2n) is 6.37. The Morgan fingerprint density at radius 2 is 1.84 bits per heavy atom. The lowest BCUT2D eigenvalue weighted by atomic mass is 10.0. The van der Waals surface area contributed by atoms with Crippen LogP contribution in [0.1, 0.15) is 23.6 Å². The molecule has 1 heterocycles. The summed E-state index contributed by atoms with van der Waals surface area (Å²) in [7, 11) is 0. The lowest BCUT2D eigenvalue weighted by Gasteiger charge is -2.03. The molecule has 0 radical (unpaired) electrons. The zero-order valence-corrected chi connectivity index (χ0v) is 14.9. The maximum absolute atomic E-state index is 4.13. The predicted molar refractivity (Wildman–Crippen MR) is 109 cm³/mol. The number of aromatic nitrogens is 1. The van der Waals surface area contributed by atoms with Crippen LogP contribution in [0.5, 0.6) is 0 Å². The molecule has 2 N–H and O–H groups in total. The minimum absolute atomic E-state index is 0.854. The Bertz CT molecular complexity index is 1030. The van der Waals surface area contributed by atoms with E-state index in [0.29, 0.717) is 0 Å². The fraction of sp³-hybridized carbons (Fsp3) is 0.130. The Kier molecular flexibility index (Phi) is 4.90. The van der Waals surface area contributed by atoms with E-state index in [0.717, 1.165) is 28.2 Å². The first-order chi connectivity index (χ1) is 12.1. The van der Waals surface area contributed by atoms with Gasteiger partial charge in [-0.3, -0.25) is 0 Å². The number of nitrogens with one attached hydrogen (secondary N) is 2.